The van der Waals surface area contributed by atoms with Crippen molar-refractivity contribution < 1.29 is 4.74 Å². The Bertz CT molecular complexity index is 471. The molecule has 0 heterocycles. The van der Waals surface area contributed by atoms with Gasteiger partial charge in [-0.15, -0.1) is 0 Å². The molecular weight excluding hydrogens is 208 g/mol. The van der Waals surface area contributed by atoms with Crippen LogP contribution in [0.4, 0.5) is 0 Å². The minimum atomic E-state index is 0.632. The number of benzene rings is 2. The molecule has 0 fully saturated rings. The zero-order valence-corrected chi connectivity index (χ0v) is 10.4. The van der Waals surface area contributed by atoms with Gasteiger partial charge in [-0.3, -0.25) is 0 Å². The van der Waals surface area contributed by atoms with Gasteiger partial charge in [0.2, 0.25) is 0 Å². The molecule has 2 rings (SSSR count). The summed E-state index contributed by atoms with van der Waals surface area (Å²) in [4.78, 5) is 0. The predicted molar refractivity (Wildman–Crippen MR) is 71.3 cm³/mol. The van der Waals surface area contributed by atoms with E-state index >= 15 is 0 Å². The van der Waals surface area contributed by atoms with Crippen molar-refractivity contribution in [2.24, 2.45) is 0 Å². The zero-order valence-electron chi connectivity index (χ0n) is 10.4. The molecule has 0 radical (unpaired) electrons. The first-order chi connectivity index (χ1) is 8.28. The molecule has 0 atom stereocenters. The van der Waals surface area contributed by atoms with Gasteiger partial charge in [-0.1, -0.05) is 48.9 Å². The van der Waals surface area contributed by atoms with Gasteiger partial charge in [0, 0.05) is 0 Å². The molecule has 1 heteroatoms. The van der Waals surface area contributed by atoms with E-state index < -0.39 is 0 Å². The highest BCUT2D eigenvalue weighted by molar-refractivity contribution is 5.28. The molecule has 88 valence electrons. The Balaban J connectivity index is 1.97. The standard InChI is InChI=1S/C16H18O/c1-3-14-7-9-16(10-8-14)17-12-15-6-4-5-13(2)11-15/h4-11H,3,12H2,1-2H3. The number of hydrogen-bond acceptors (Lipinski definition) is 1. The predicted octanol–water partition coefficient (Wildman–Crippen LogP) is 4.14. The first-order valence-corrected chi connectivity index (χ1v) is 6.05. The number of ether oxygens (including phenoxy) is 1. The molecule has 0 aliphatic rings. The average molecular weight is 226 g/mol. The van der Waals surface area contributed by atoms with E-state index in [9.17, 15) is 0 Å². The van der Waals surface area contributed by atoms with Crippen LogP contribution in [-0.4, -0.2) is 0 Å². The van der Waals surface area contributed by atoms with Crippen LogP contribution in [0.5, 0.6) is 5.75 Å². The maximum atomic E-state index is 5.75. The number of aryl methyl sites for hydroxylation is 2. The van der Waals surface area contributed by atoms with Gasteiger partial charge in [0.05, 0.1) is 0 Å². The first-order valence-electron chi connectivity index (χ1n) is 6.05. The van der Waals surface area contributed by atoms with Crippen molar-refractivity contribution in [1.29, 1.82) is 0 Å². The van der Waals surface area contributed by atoms with E-state index in [0.29, 0.717) is 6.61 Å². The highest BCUT2D eigenvalue weighted by Gasteiger charge is 1.96. The van der Waals surface area contributed by atoms with Gasteiger partial charge >= 0.3 is 0 Å². The monoisotopic (exact) mass is 226 g/mol. The minimum absolute atomic E-state index is 0.632. The number of rotatable bonds is 4. The second-order valence-corrected chi connectivity index (χ2v) is 4.28. The second kappa shape index (κ2) is 5.53. The van der Waals surface area contributed by atoms with Crippen molar-refractivity contribution in [1.82, 2.24) is 0 Å². The van der Waals surface area contributed by atoms with Gasteiger partial charge < -0.3 is 4.74 Å². The van der Waals surface area contributed by atoms with Crippen molar-refractivity contribution >= 4 is 0 Å². The summed E-state index contributed by atoms with van der Waals surface area (Å²) in [6.45, 7) is 4.88. The summed E-state index contributed by atoms with van der Waals surface area (Å²) in [6.07, 6.45) is 1.07. The lowest BCUT2D eigenvalue weighted by Crippen LogP contribution is -1.95. The van der Waals surface area contributed by atoms with E-state index in [0.717, 1.165) is 12.2 Å². The third-order valence-corrected chi connectivity index (χ3v) is 2.82. The van der Waals surface area contributed by atoms with Crippen LogP contribution in [0, 0.1) is 6.92 Å². The lowest BCUT2D eigenvalue weighted by molar-refractivity contribution is 0.306. The van der Waals surface area contributed by atoms with E-state index in [1.54, 1.807) is 0 Å². The van der Waals surface area contributed by atoms with Crippen LogP contribution in [0.2, 0.25) is 0 Å². The molecule has 2 aromatic carbocycles. The van der Waals surface area contributed by atoms with Crippen molar-refractivity contribution in [2.75, 3.05) is 0 Å². The smallest absolute Gasteiger partial charge is 0.119 e. The van der Waals surface area contributed by atoms with Gasteiger partial charge in [0.1, 0.15) is 12.4 Å². The molecule has 17 heavy (non-hydrogen) atoms. The quantitative estimate of drug-likeness (QED) is 0.761. The third kappa shape index (κ3) is 3.35. The van der Waals surface area contributed by atoms with Crippen LogP contribution in [0.25, 0.3) is 0 Å². The topological polar surface area (TPSA) is 9.23 Å². The first kappa shape index (κ1) is 11.7. The summed E-state index contributed by atoms with van der Waals surface area (Å²) >= 11 is 0. The summed E-state index contributed by atoms with van der Waals surface area (Å²) < 4.78 is 5.75. The normalized spacial score (nSPS) is 10.2. The molecule has 0 N–H and O–H groups in total. The van der Waals surface area contributed by atoms with E-state index in [1.165, 1.54) is 16.7 Å². The fourth-order valence-electron chi connectivity index (χ4n) is 1.79. The molecule has 0 bridgehead atoms. The molecular formula is C16H18O. The second-order valence-electron chi connectivity index (χ2n) is 4.28. The molecule has 0 amide bonds. The SMILES string of the molecule is CCc1ccc(OCc2cccc(C)c2)cc1. The largest absolute Gasteiger partial charge is 0.489 e. The van der Waals surface area contributed by atoms with Crippen LogP contribution < -0.4 is 4.74 Å². The Hall–Kier alpha value is -1.76. The molecule has 0 unspecified atom stereocenters. The molecule has 1 nitrogen and oxygen atoms in total. The van der Waals surface area contributed by atoms with E-state index in [1.807, 2.05) is 12.1 Å². The van der Waals surface area contributed by atoms with Crippen LogP contribution in [0.15, 0.2) is 48.5 Å². The van der Waals surface area contributed by atoms with Gasteiger partial charge in [0.15, 0.2) is 0 Å². The Labute approximate surface area is 103 Å². The van der Waals surface area contributed by atoms with Crippen LogP contribution in [0.3, 0.4) is 0 Å². The van der Waals surface area contributed by atoms with Gasteiger partial charge in [-0.25, -0.2) is 0 Å². The maximum absolute atomic E-state index is 5.75. The van der Waals surface area contributed by atoms with Gasteiger partial charge in [-0.2, -0.15) is 0 Å². The van der Waals surface area contributed by atoms with E-state index in [-0.39, 0.29) is 0 Å². The number of hydrogen-bond donors (Lipinski definition) is 0. The summed E-state index contributed by atoms with van der Waals surface area (Å²) in [5, 5.41) is 0. The molecule has 0 aliphatic carbocycles. The molecule has 0 spiro atoms. The maximum Gasteiger partial charge on any atom is 0.119 e. The Morgan fingerprint density at radius 2 is 1.71 bits per heavy atom. The van der Waals surface area contributed by atoms with E-state index in [4.69, 9.17) is 4.74 Å². The summed E-state index contributed by atoms with van der Waals surface area (Å²) in [7, 11) is 0. The Morgan fingerprint density at radius 1 is 0.941 bits per heavy atom. The fraction of sp³-hybridized carbons (Fsp3) is 0.250. The Kier molecular flexibility index (Phi) is 3.81. The van der Waals surface area contributed by atoms with Gasteiger partial charge in [-0.05, 0) is 36.6 Å². The van der Waals surface area contributed by atoms with Gasteiger partial charge in [0.25, 0.3) is 0 Å². The highest BCUT2D eigenvalue weighted by atomic mass is 16.5. The van der Waals surface area contributed by atoms with Crippen molar-refractivity contribution in [3.63, 3.8) is 0 Å². The summed E-state index contributed by atoms with van der Waals surface area (Å²) in [6, 6.07) is 16.7. The van der Waals surface area contributed by atoms with Crippen molar-refractivity contribution in [2.45, 2.75) is 26.9 Å². The third-order valence-electron chi connectivity index (χ3n) is 2.82. The van der Waals surface area contributed by atoms with Crippen LogP contribution >= 0.6 is 0 Å². The lowest BCUT2D eigenvalue weighted by atomic mass is 10.1. The zero-order chi connectivity index (χ0) is 12.1. The Morgan fingerprint density at radius 3 is 2.35 bits per heavy atom. The summed E-state index contributed by atoms with van der Waals surface area (Å²) in [5.41, 5.74) is 3.82. The lowest BCUT2D eigenvalue weighted by Gasteiger charge is -2.07. The van der Waals surface area contributed by atoms with E-state index in [2.05, 4.69) is 50.2 Å². The average Bonchev–Trinajstić information content (AvgIpc) is 2.37. The molecule has 0 saturated carbocycles. The highest BCUT2D eigenvalue weighted by Crippen LogP contribution is 2.14. The fourth-order valence-corrected chi connectivity index (χ4v) is 1.79. The van der Waals surface area contributed by atoms with Crippen LogP contribution in [0.1, 0.15) is 23.6 Å². The van der Waals surface area contributed by atoms with Crippen LogP contribution in [-0.2, 0) is 13.0 Å². The summed E-state index contributed by atoms with van der Waals surface area (Å²) in [5.74, 6) is 0.934. The minimum Gasteiger partial charge on any atom is -0.489 e. The van der Waals surface area contributed by atoms with Crippen molar-refractivity contribution in [3.8, 4) is 5.75 Å². The van der Waals surface area contributed by atoms with Crippen molar-refractivity contribution in [3.05, 3.63) is 65.2 Å². The molecule has 0 aromatic heterocycles. The molecule has 0 aliphatic heterocycles. The molecule has 0 saturated heterocycles. The molecule has 2 aromatic rings.